The monoisotopic (exact) mass is 708 g/mol. The molecule has 0 amide bonds. The molecule has 0 rings (SSSR count). The molecule has 2 N–H and O–H groups in total. The lowest BCUT2D eigenvalue weighted by atomic mass is 9.78. The van der Waals surface area contributed by atoms with Gasteiger partial charge in [-0.15, -0.1) is 0 Å². The topological polar surface area (TPSA) is 57.5 Å². The van der Waals surface area contributed by atoms with Crippen molar-refractivity contribution in [2.75, 3.05) is 0 Å². The predicted molar refractivity (Wildman–Crippen MR) is 96.4 cm³/mol. The molecule has 262 valence electrons. The van der Waals surface area contributed by atoms with Crippen molar-refractivity contribution in [2.24, 2.45) is 5.92 Å². The highest BCUT2D eigenvalue weighted by Gasteiger charge is 2.91. The molecule has 0 fully saturated rings. The van der Waals surface area contributed by atoms with Crippen molar-refractivity contribution in [3.63, 3.8) is 0 Å². The van der Waals surface area contributed by atoms with Gasteiger partial charge >= 0.3 is 65.7 Å². The van der Waals surface area contributed by atoms with Gasteiger partial charge in [-0.05, 0) is 19.3 Å². The lowest BCUT2D eigenvalue weighted by molar-refractivity contribution is -0.433. The summed E-state index contributed by atoms with van der Waals surface area (Å²) in [5.74, 6) is -37.2. The van der Waals surface area contributed by atoms with Gasteiger partial charge in [-0.1, -0.05) is 6.58 Å². The van der Waals surface area contributed by atoms with E-state index in [-0.39, 0.29) is 0 Å². The fourth-order valence-corrected chi connectivity index (χ4v) is 3.51. The first-order valence-corrected chi connectivity index (χ1v) is 10.6. The molecule has 25 heteroatoms. The Morgan fingerprint density at radius 1 is 0.591 bits per heavy atom. The molecule has 0 aliphatic heterocycles. The molecule has 0 heterocycles. The number of aliphatic hydroxyl groups is 1. The van der Waals surface area contributed by atoms with Crippen molar-refractivity contribution in [1.82, 2.24) is 0 Å². The van der Waals surface area contributed by atoms with E-state index in [2.05, 4.69) is 6.58 Å². The number of aliphatic carboxylic acids is 1. The fourth-order valence-electron chi connectivity index (χ4n) is 3.51. The zero-order valence-electron chi connectivity index (χ0n) is 20.3. The number of hydrogen-bond acceptors (Lipinski definition) is 2. The second-order valence-electron chi connectivity index (χ2n) is 9.02. The molecule has 2 unspecified atom stereocenters. The van der Waals surface area contributed by atoms with E-state index >= 15 is 0 Å². The van der Waals surface area contributed by atoms with Gasteiger partial charge in [0.05, 0.1) is 6.10 Å². The van der Waals surface area contributed by atoms with Crippen molar-refractivity contribution < 1.29 is 112 Å². The average Bonchev–Trinajstić information content (AvgIpc) is 2.76. The highest BCUT2D eigenvalue weighted by atomic mass is 19.4. The molecule has 44 heavy (non-hydrogen) atoms. The first kappa shape index (κ1) is 41.6. The summed E-state index contributed by atoms with van der Waals surface area (Å²) in [4.78, 5) is 10.7. The smallest absolute Gasteiger partial charge is 0.438 e. The van der Waals surface area contributed by atoms with Gasteiger partial charge < -0.3 is 10.2 Å². The summed E-state index contributed by atoms with van der Waals surface area (Å²) in [6.07, 6.45) is -46.8. The van der Waals surface area contributed by atoms with Crippen molar-refractivity contribution in [1.29, 1.82) is 0 Å². The third-order valence-electron chi connectivity index (χ3n) is 5.96. The van der Waals surface area contributed by atoms with Gasteiger partial charge in [0.15, 0.2) is 0 Å². The summed E-state index contributed by atoms with van der Waals surface area (Å²) in [6.45, 7) is 2.54. The minimum Gasteiger partial charge on any atom is -0.478 e. The summed E-state index contributed by atoms with van der Waals surface area (Å²) in [6, 6.07) is 0. The molecule has 0 aromatic rings. The maximum atomic E-state index is 14.6. The van der Waals surface area contributed by atoms with Gasteiger partial charge in [-0.3, -0.25) is 0 Å². The van der Waals surface area contributed by atoms with Gasteiger partial charge in [0, 0.05) is 17.9 Å². The predicted octanol–water partition coefficient (Wildman–Crippen LogP) is 8.37. The fraction of sp³-hybridized carbons (Fsp3) is 0.842. The quantitative estimate of drug-likeness (QED) is 0.149. The Morgan fingerprint density at radius 2 is 0.909 bits per heavy atom. The Balaban J connectivity index is 6.98. The number of alkyl halides is 22. The van der Waals surface area contributed by atoms with Crippen LogP contribution >= 0.6 is 0 Å². The molecule has 0 aromatic carbocycles. The maximum absolute atomic E-state index is 14.6. The van der Waals surface area contributed by atoms with E-state index in [1.54, 1.807) is 0 Å². The zero-order valence-corrected chi connectivity index (χ0v) is 20.3. The molecule has 0 aromatic heterocycles. The summed E-state index contributed by atoms with van der Waals surface area (Å²) < 4.78 is 293. The Bertz CT molecular complexity index is 1010. The highest BCUT2D eigenvalue weighted by molar-refractivity contribution is 5.85. The normalized spacial score (nSPS) is 17.0. The summed E-state index contributed by atoms with van der Waals surface area (Å²) in [5.41, 5.74) is -17.8. The minimum atomic E-state index is -8.23. The van der Waals surface area contributed by atoms with E-state index < -0.39 is 109 Å². The lowest BCUT2D eigenvalue weighted by Gasteiger charge is -2.43. The average molecular weight is 708 g/mol. The van der Waals surface area contributed by atoms with Crippen molar-refractivity contribution >= 4 is 5.97 Å². The maximum Gasteiger partial charge on any atom is 0.438 e. The largest absolute Gasteiger partial charge is 0.478 e. The number of halogens is 22. The van der Waals surface area contributed by atoms with Crippen LogP contribution in [0.1, 0.15) is 25.7 Å². The third-order valence-corrected chi connectivity index (χ3v) is 5.96. The summed E-state index contributed by atoms with van der Waals surface area (Å²) >= 11 is 0. The molecule has 0 bridgehead atoms. The summed E-state index contributed by atoms with van der Waals surface area (Å²) in [5, 5.41) is 18.1. The van der Waals surface area contributed by atoms with Crippen LogP contribution in [0.5, 0.6) is 0 Å². The molecule has 0 radical (unpaired) electrons. The zero-order chi connectivity index (χ0) is 36.1. The Kier molecular flexibility index (Phi) is 11.1. The SMILES string of the molecule is C=C(CCC(CC(O)CC(F)(F)C(F)(F)C(F)(C(F)(F)F)C(F)(F)F)C(F)(F)C(F)(F)C(F)(C(F)(F)F)C(F)(F)F)C(=O)O. The molecule has 0 saturated carbocycles. The molecule has 3 nitrogen and oxygen atoms in total. The van der Waals surface area contributed by atoms with Crippen LogP contribution in [0.4, 0.5) is 96.6 Å². The van der Waals surface area contributed by atoms with Gasteiger partial charge in [0.2, 0.25) is 0 Å². The number of carbonyl (C=O) groups is 1. The van der Waals surface area contributed by atoms with Gasteiger partial charge in [-0.2, -0.15) is 87.8 Å². The van der Waals surface area contributed by atoms with E-state index in [9.17, 15) is 106 Å². The van der Waals surface area contributed by atoms with E-state index in [4.69, 9.17) is 5.11 Å². The molecule has 0 saturated heterocycles. The van der Waals surface area contributed by atoms with Crippen LogP contribution in [0.15, 0.2) is 12.2 Å². The Labute approximate surface area is 228 Å². The van der Waals surface area contributed by atoms with Crippen molar-refractivity contribution in [2.45, 2.75) is 91.5 Å². The number of rotatable bonds is 13. The Hall–Kier alpha value is -2.37. The van der Waals surface area contributed by atoms with E-state index in [1.165, 1.54) is 0 Å². The van der Waals surface area contributed by atoms with Crippen molar-refractivity contribution in [3.8, 4) is 0 Å². The van der Waals surface area contributed by atoms with E-state index in [0.29, 0.717) is 0 Å². The van der Waals surface area contributed by atoms with Gasteiger partial charge in [0.25, 0.3) is 0 Å². The molecule has 0 spiro atoms. The van der Waals surface area contributed by atoms with Crippen LogP contribution in [0.2, 0.25) is 0 Å². The highest BCUT2D eigenvalue weighted by Crippen LogP contribution is 2.62. The summed E-state index contributed by atoms with van der Waals surface area (Å²) in [7, 11) is 0. The van der Waals surface area contributed by atoms with Crippen LogP contribution in [-0.2, 0) is 4.79 Å². The number of aliphatic hydroxyl groups excluding tert-OH is 1. The Morgan fingerprint density at radius 3 is 1.20 bits per heavy atom. The van der Waals surface area contributed by atoms with Gasteiger partial charge in [-0.25, -0.2) is 13.6 Å². The molecular weight excluding hydrogens is 694 g/mol. The van der Waals surface area contributed by atoms with Crippen LogP contribution in [0.3, 0.4) is 0 Å². The van der Waals surface area contributed by atoms with Crippen LogP contribution < -0.4 is 0 Å². The van der Waals surface area contributed by atoms with E-state index in [1.807, 2.05) is 0 Å². The van der Waals surface area contributed by atoms with E-state index in [0.717, 1.165) is 0 Å². The molecule has 2 atom stereocenters. The number of carboxylic acid groups (broad SMARTS) is 1. The number of carboxylic acids is 1. The standard InChI is InChI=1S/C19H14F22O3/c1-6(9(43)44)2-3-7(11(22,23)15(28,29)13(25,18(36,37)38)19(39,40)41)4-8(42)5-10(20,21)14(26,27)12(24,16(30,31)32)17(33,34)35/h7-8,42H,1-5H2,(H,43,44). The first-order valence-electron chi connectivity index (χ1n) is 10.6. The second-order valence-corrected chi connectivity index (χ2v) is 9.02. The molecular formula is C19H14F22O3. The van der Waals surface area contributed by atoms with Crippen molar-refractivity contribution in [3.05, 3.63) is 12.2 Å². The lowest BCUT2D eigenvalue weighted by Crippen LogP contribution is -2.71. The minimum absolute atomic E-state index is 1.43. The van der Waals surface area contributed by atoms with Crippen LogP contribution in [-0.4, -0.2) is 82.0 Å². The second kappa shape index (κ2) is 11.8. The number of hydrogen-bond donors (Lipinski definition) is 2. The molecule has 0 aliphatic carbocycles. The van der Waals surface area contributed by atoms with Gasteiger partial charge in [0.1, 0.15) is 0 Å². The van der Waals surface area contributed by atoms with Crippen LogP contribution in [0, 0.1) is 5.92 Å². The molecule has 0 aliphatic rings. The van der Waals surface area contributed by atoms with Crippen LogP contribution in [0.25, 0.3) is 0 Å². The first-order chi connectivity index (χ1) is 18.8. The third kappa shape index (κ3) is 6.75.